The van der Waals surface area contributed by atoms with E-state index in [9.17, 15) is 4.79 Å². The molecule has 0 aromatic carbocycles. The molecular weight excluding hydrogens is 240 g/mol. The van der Waals surface area contributed by atoms with E-state index >= 15 is 0 Å². The van der Waals surface area contributed by atoms with E-state index in [0.717, 1.165) is 23.7 Å². The molecular formula is C14H20N4O. The predicted octanol–water partition coefficient (Wildman–Crippen LogP) is 0.874. The van der Waals surface area contributed by atoms with Gasteiger partial charge in [-0.2, -0.15) is 5.10 Å². The summed E-state index contributed by atoms with van der Waals surface area (Å²) in [6.45, 7) is 1.34. The van der Waals surface area contributed by atoms with Crippen molar-refractivity contribution in [2.75, 3.05) is 12.3 Å². The zero-order chi connectivity index (χ0) is 13.0. The zero-order valence-electron chi connectivity index (χ0n) is 11.0. The van der Waals surface area contributed by atoms with Gasteiger partial charge in [-0.25, -0.2) is 0 Å². The summed E-state index contributed by atoms with van der Waals surface area (Å²) in [5.74, 6) is 3.76. The molecule has 0 spiro atoms. The van der Waals surface area contributed by atoms with Gasteiger partial charge in [0.05, 0.1) is 18.4 Å². The maximum absolute atomic E-state index is 12.2. The third-order valence-corrected chi connectivity index (χ3v) is 5.33. The predicted molar refractivity (Wildman–Crippen MR) is 71.0 cm³/mol. The number of amides is 1. The third-order valence-electron chi connectivity index (χ3n) is 5.33. The molecule has 1 amide bonds. The lowest BCUT2D eigenvalue weighted by molar-refractivity contribution is -0.123. The first-order valence-electron chi connectivity index (χ1n) is 7.29. The van der Waals surface area contributed by atoms with Crippen molar-refractivity contribution in [3.63, 3.8) is 0 Å². The van der Waals surface area contributed by atoms with Crippen LogP contribution >= 0.6 is 0 Å². The first kappa shape index (κ1) is 11.3. The number of carbonyl (C=O) groups excluding carboxylic acids is 1. The van der Waals surface area contributed by atoms with Gasteiger partial charge in [-0.1, -0.05) is 0 Å². The van der Waals surface area contributed by atoms with Crippen molar-refractivity contribution in [1.29, 1.82) is 0 Å². The Hall–Kier alpha value is -1.52. The van der Waals surface area contributed by atoms with Gasteiger partial charge in [-0.15, -0.1) is 0 Å². The Morgan fingerprint density at radius 3 is 2.79 bits per heavy atom. The Kier molecular flexibility index (Phi) is 2.37. The van der Waals surface area contributed by atoms with Gasteiger partial charge < -0.3 is 11.1 Å². The van der Waals surface area contributed by atoms with Crippen LogP contribution < -0.4 is 11.1 Å². The smallest absolute Gasteiger partial charge is 0.223 e. The average molecular weight is 260 g/mol. The molecule has 1 aromatic rings. The molecule has 1 aromatic heterocycles. The molecule has 3 aliphatic carbocycles. The van der Waals surface area contributed by atoms with Gasteiger partial charge >= 0.3 is 0 Å². The normalized spacial score (nSPS) is 38.2. The fraction of sp³-hybridized carbons (Fsp3) is 0.714. The van der Waals surface area contributed by atoms with Gasteiger partial charge in [0.25, 0.3) is 0 Å². The number of nitrogens with two attached hydrogens (primary N) is 1. The van der Waals surface area contributed by atoms with Gasteiger partial charge in [0.1, 0.15) is 0 Å². The van der Waals surface area contributed by atoms with E-state index in [1.165, 1.54) is 19.3 Å². The lowest BCUT2D eigenvalue weighted by atomic mass is 10.0. The molecule has 0 radical (unpaired) electrons. The van der Waals surface area contributed by atoms with Crippen LogP contribution in [0.4, 0.5) is 5.69 Å². The maximum Gasteiger partial charge on any atom is 0.223 e. The summed E-state index contributed by atoms with van der Waals surface area (Å²) in [5, 5.41) is 7.16. The van der Waals surface area contributed by atoms with Gasteiger partial charge in [0, 0.05) is 18.7 Å². The number of nitrogens with zero attached hydrogens (tertiary/aromatic N) is 2. The van der Waals surface area contributed by atoms with Gasteiger partial charge in [-0.3, -0.25) is 9.48 Å². The molecule has 2 bridgehead atoms. The second kappa shape index (κ2) is 3.99. The minimum atomic E-state index is 0.270. The number of nitrogens with one attached hydrogen (secondary N) is 1. The van der Waals surface area contributed by atoms with Gasteiger partial charge in [0.15, 0.2) is 0 Å². The Balaban J connectivity index is 1.27. The van der Waals surface area contributed by atoms with Crippen LogP contribution in [0.5, 0.6) is 0 Å². The van der Waals surface area contributed by atoms with Crippen LogP contribution in [0, 0.1) is 29.6 Å². The molecule has 0 saturated heterocycles. The van der Waals surface area contributed by atoms with Crippen molar-refractivity contribution < 1.29 is 4.79 Å². The van der Waals surface area contributed by atoms with Crippen LogP contribution in [0.2, 0.25) is 0 Å². The number of anilines is 1. The molecule has 3 N–H and O–H groups in total. The second-order valence-corrected chi connectivity index (χ2v) is 6.34. The molecule has 1 heterocycles. The molecule has 4 rings (SSSR count). The highest BCUT2D eigenvalue weighted by Crippen LogP contribution is 2.69. The monoisotopic (exact) mass is 260 g/mol. The molecule has 4 unspecified atom stereocenters. The molecule has 102 valence electrons. The van der Waals surface area contributed by atoms with Crippen molar-refractivity contribution in [1.82, 2.24) is 15.1 Å². The van der Waals surface area contributed by atoms with E-state index < -0.39 is 0 Å². The highest BCUT2D eigenvalue weighted by Gasteiger charge is 2.67. The minimum absolute atomic E-state index is 0.270. The lowest BCUT2D eigenvalue weighted by Gasteiger charge is -2.09. The van der Waals surface area contributed by atoms with Crippen molar-refractivity contribution in [3.05, 3.63) is 12.4 Å². The Labute approximate surface area is 112 Å². The molecule has 5 nitrogen and oxygen atoms in total. The lowest BCUT2D eigenvalue weighted by Crippen LogP contribution is -2.30. The van der Waals surface area contributed by atoms with Gasteiger partial charge in [0.2, 0.25) is 5.91 Å². The fourth-order valence-corrected chi connectivity index (χ4v) is 4.59. The summed E-state index contributed by atoms with van der Waals surface area (Å²) >= 11 is 0. The van der Waals surface area contributed by atoms with Crippen LogP contribution in [0.25, 0.3) is 0 Å². The van der Waals surface area contributed by atoms with Crippen LogP contribution in [-0.2, 0) is 11.3 Å². The number of fused-ring (bicyclic) bond motifs is 5. The van der Waals surface area contributed by atoms with E-state index in [1.807, 2.05) is 0 Å². The van der Waals surface area contributed by atoms with Crippen LogP contribution in [-0.4, -0.2) is 22.2 Å². The van der Waals surface area contributed by atoms with E-state index in [1.54, 1.807) is 17.1 Å². The summed E-state index contributed by atoms with van der Waals surface area (Å²) in [4.78, 5) is 12.2. The minimum Gasteiger partial charge on any atom is -0.396 e. The Morgan fingerprint density at radius 1 is 1.42 bits per heavy atom. The van der Waals surface area contributed by atoms with Crippen LogP contribution in [0.3, 0.4) is 0 Å². The van der Waals surface area contributed by atoms with Crippen molar-refractivity contribution in [2.45, 2.75) is 25.8 Å². The summed E-state index contributed by atoms with van der Waals surface area (Å²) in [6, 6.07) is 0. The first-order valence-corrected chi connectivity index (χ1v) is 7.29. The number of nitrogen functional groups attached to an aromatic ring is 1. The summed E-state index contributed by atoms with van der Waals surface area (Å²) < 4.78 is 1.77. The van der Waals surface area contributed by atoms with E-state index in [0.29, 0.717) is 24.7 Å². The highest BCUT2D eigenvalue weighted by molar-refractivity contribution is 5.82. The SMILES string of the molecule is Nc1cnn(CCNC(=O)C2C3C4CCC(C4)C23)c1. The quantitative estimate of drug-likeness (QED) is 0.844. The van der Waals surface area contributed by atoms with Crippen molar-refractivity contribution in [3.8, 4) is 0 Å². The van der Waals surface area contributed by atoms with Crippen molar-refractivity contribution >= 4 is 11.6 Å². The van der Waals surface area contributed by atoms with E-state index in [4.69, 9.17) is 5.73 Å². The topological polar surface area (TPSA) is 72.9 Å². The number of hydrogen-bond donors (Lipinski definition) is 2. The summed E-state index contributed by atoms with van der Waals surface area (Å²) in [7, 11) is 0. The third kappa shape index (κ3) is 1.75. The molecule has 5 heteroatoms. The summed E-state index contributed by atoms with van der Waals surface area (Å²) in [5.41, 5.74) is 6.26. The maximum atomic E-state index is 12.2. The molecule has 3 aliphatic rings. The standard InChI is InChI=1S/C14H20N4O/c15-10-6-17-18(7-10)4-3-16-14(19)13-11-8-1-2-9(5-8)12(11)13/h6-9,11-13H,1-5,15H2,(H,16,19). The Bertz CT molecular complexity index is 495. The molecule has 4 atom stereocenters. The number of hydrogen-bond acceptors (Lipinski definition) is 3. The number of carbonyl (C=O) groups is 1. The molecule has 3 fully saturated rings. The van der Waals surface area contributed by atoms with Crippen molar-refractivity contribution in [2.24, 2.45) is 29.6 Å². The molecule has 3 saturated carbocycles. The largest absolute Gasteiger partial charge is 0.396 e. The van der Waals surface area contributed by atoms with Crippen LogP contribution in [0.1, 0.15) is 19.3 Å². The first-order chi connectivity index (χ1) is 9.24. The van der Waals surface area contributed by atoms with Gasteiger partial charge in [-0.05, 0) is 42.9 Å². The molecule has 0 aliphatic heterocycles. The van der Waals surface area contributed by atoms with E-state index in [2.05, 4.69) is 10.4 Å². The number of rotatable bonds is 4. The number of aromatic nitrogens is 2. The second-order valence-electron chi connectivity index (χ2n) is 6.34. The van der Waals surface area contributed by atoms with E-state index in [-0.39, 0.29) is 5.91 Å². The zero-order valence-corrected chi connectivity index (χ0v) is 11.0. The Morgan fingerprint density at radius 2 is 2.16 bits per heavy atom. The average Bonchev–Trinajstić information content (AvgIpc) is 2.74. The van der Waals surface area contributed by atoms with Crippen LogP contribution in [0.15, 0.2) is 12.4 Å². The summed E-state index contributed by atoms with van der Waals surface area (Å²) in [6.07, 6.45) is 7.54. The fourth-order valence-electron chi connectivity index (χ4n) is 4.59. The molecule has 19 heavy (non-hydrogen) atoms. The highest BCUT2D eigenvalue weighted by atomic mass is 16.2.